The second kappa shape index (κ2) is 5.40. The van der Waals surface area contributed by atoms with Crippen LogP contribution in [-0.2, 0) is 12.8 Å². The molecule has 3 aliphatic rings. The molecule has 2 fully saturated rings. The lowest BCUT2D eigenvalue weighted by Crippen LogP contribution is -2.59. The average molecular weight is 285 g/mol. The number of hydrogen-bond donors (Lipinski definition) is 2. The van der Waals surface area contributed by atoms with E-state index in [1.807, 2.05) is 0 Å². The van der Waals surface area contributed by atoms with E-state index in [1.165, 1.54) is 49.7 Å². The zero-order valence-corrected chi connectivity index (χ0v) is 12.9. The molecule has 21 heavy (non-hydrogen) atoms. The van der Waals surface area contributed by atoms with Gasteiger partial charge in [-0.25, -0.2) is 0 Å². The Morgan fingerprint density at radius 2 is 1.52 bits per heavy atom. The van der Waals surface area contributed by atoms with Crippen LogP contribution in [0.25, 0.3) is 0 Å². The van der Waals surface area contributed by atoms with Crippen LogP contribution >= 0.6 is 0 Å². The predicted molar refractivity (Wildman–Crippen MR) is 85.3 cm³/mol. The molecule has 2 N–H and O–H groups in total. The summed E-state index contributed by atoms with van der Waals surface area (Å²) in [5.41, 5.74) is 3.03. The van der Waals surface area contributed by atoms with Gasteiger partial charge in [-0.15, -0.1) is 0 Å². The van der Waals surface area contributed by atoms with E-state index in [4.69, 9.17) is 0 Å². The van der Waals surface area contributed by atoms with Crippen molar-refractivity contribution >= 4 is 0 Å². The Kier molecular flexibility index (Phi) is 3.55. The van der Waals surface area contributed by atoms with Crippen LogP contribution in [0, 0.1) is 11.8 Å². The number of fused-ring (bicyclic) bond motifs is 3. The van der Waals surface area contributed by atoms with Gasteiger partial charge < -0.3 is 10.4 Å². The smallest absolute Gasteiger partial charge is 0.0619 e. The lowest BCUT2D eigenvalue weighted by Gasteiger charge is -2.41. The summed E-state index contributed by atoms with van der Waals surface area (Å²) in [5.74, 6) is 1.22. The third-order valence-corrected chi connectivity index (χ3v) is 6.46. The van der Waals surface area contributed by atoms with Gasteiger partial charge in [-0.05, 0) is 61.5 Å². The molecular formula is C19H27NO. The van der Waals surface area contributed by atoms with Crippen LogP contribution in [0.4, 0.5) is 0 Å². The Morgan fingerprint density at radius 3 is 2.05 bits per heavy atom. The minimum Gasteiger partial charge on any atom is -0.394 e. The van der Waals surface area contributed by atoms with Crippen molar-refractivity contribution in [2.75, 3.05) is 6.61 Å². The number of aliphatic hydroxyl groups excluding tert-OH is 1. The molecule has 2 bridgehead atoms. The summed E-state index contributed by atoms with van der Waals surface area (Å²) in [6.45, 7) is 0.312. The molecule has 0 heterocycles. The molecule has 0 spiro atoms. The molecular weight excluding hydrogens is 258 g/mol. The third kappa shape index (κ3) is 2.24. The molecule has 2 unspecified atom stereocenters. The SMILES string of the molecule is OCC1(NC2CCCC2)C2CCC1Cc1ccccc1C2. The molecule has 2 heteroatoms. The third-order valence-electron chi connectivity index (χ3n) is 6.46. The normalized spacial score (nSPS) is 35.7. The predicted octanol–water partition coefficient (Wildman–Crippen LogP) is 3.07. The molecule has 2 atom stereocenters. The van der Waals surface area contributed by atoms with E-state index in [0.29, 0.717) is 24.5 Å². The number of aliphatic hydroxyl groups is 1. The van der Waals surface area contributed by atoms with Crippen molar-refractivity contribution in [3.05, 3.63) is 35.4 Å². The molecule has 0 radical (unpaired) electrons. The summed E-state index contributed by atoms with van der Waals surface area (Å²) in [5, 5.41) is 14.3. The lowest BCUT2D eigenvalue weighted by atomic mass is 9.78. The van der Waals surface area contributed by atoms with Gasteiger partial charge in [-0.1, -0.05) is 37.1 Å². The minimum atomic E-state index is -0.0198. The first-order valence-electron chi connectivity index (χ1n) is 8.77. The maximum absolute atomic E-state index is 10.3. The molecule has 2 nitrogen and oxygen atoms in total. The van der Waals surface area contributed by atoms with Crippen LogP contribution in [0.1, 0.15) is 49.7 Å². The summed E-state index contributed by atoms with van der Waals surface area (Å²) < 4.78 is 0. The van der Waals surface area contributed by atoms with Crippen molar-refractivity contribution in [1.29, 1.82) is 0 Å². The molecule has 0 saturated heterocycles. The van der Waals surface area contributed by atoms with Crippen LogP contribution in [0.2, 0.25) is 0 Å². The molecule has 0 amide bonds. The van der Waals surface area contributed by atoms with Crippen LogP contribution in [0.3, 0.4) is 0 Å². The summed E-state index contributed by atoms with van der Waals surface area (Å²) in [6, 6.07) is 9.58. The van der Waals surface area contributed by atoms with E-state index in [-0.39, 0.29) is 5.54 Å². The highest BCUT2D eigenvalue weighted by Crippen LogP contribution is 2.47. The minimum absolute atomic E-state index is 0.0198. The summed E-state index contributed by atoms with van der Waals surface area (Å²) >= 11 is 0. The second-order valence-corrected chi connectivity index (χ2v) is 7.47. The van der Waals surface area contributed by atoms with Gasteiger partial charge in [0.1, 0.15) is 0 Å². The van der Waals surface area contributed by atoms with E-state index in [9.17, 15) is 5.11 Å². The highest BCUT2D eigenvalue weighted by Gasteiger charge is 2.51. The maximum Gasteiger partial charge on any atom is 0.0619 e. The highest BCUT2D eigenvalue weighted by molar-refractivity contribution is 5.32. The first kappa shape index (κ1) is 13.8. The van der Waals surface area contributed by atoms with Crippen LogP contribution in [0.15, 0.2) is 24.3 Å². The standard InChI is InChI=1S/C19H27NO/c21-13-19(20-18-7-3-4-8-18)16-9-10-17(19)12-15-6-2-1-5-14(15)11-16/h1-2,5-6,16-18,20-21H,3-4,7-13H2. The molecule has 1 aromatic rings. The van der Waals surface area contributed by atoms with Gasteiger partial charge in [0.2, 0.25) is 0 Å². The quantitative estimate of drug-likeness (QED) is 0.894. The van der Waals surface area contributed by atoms with Crippen molar-refractivity contribution in [2.45, 2.75) is 62.9 Å². The molecule has 0 aromatic heterocycles. The van der Waals surface area contributed by atoms with Gasteiger partial charge in [-0.3, -0.25) is 0 Å². The van der Waals surface area contributed by atoms with Crippen molar-refractivity contribution in [2.24, 2.45) is 11.8 Å². The van der Waals surface area contributed by atoms with Gasteiger partial charge in [-0.2, -0.15) is 0 Å². The topological polar surface area (TPSA) is 32.3 Å². The van der Waals surface area contributed by atoms with Gasteiger partial charge in [0.15, 0.2) is 0 Å². The van der Waals surface area contributed by atoms with E-state index in [1.54, 1.807) is 0 Å². The molecule has 1 aromatic carbocycles. The van der Waals surface area contributed by atoms with E-state index < -0.39 is 0 Å². The number of benzene rings is 1. The number of nitrogens with one attached hydrogen (secondary N) is 1. The fourth-order valence-corrected chi connectivity index (χ4v) is 5.30. The van der Waals surface area contributed by atoms with Crippen LogP contribution < -0.4 is 5.32 Å². The van der Waals surface area contributed by atoms with Gasteiger partial charge in [0.25, 0.3) is 0 Å². The van der Waals surface area contributed by atoms with E-state index in [2.05, 4.69) is 29.6 Å². The van der Waals surface area contributed by atoms with Crippen molar-refractivity contribution in [3.8, 4) is 0 Å². The van der Waals surface area contributed by atoms with Crippen molar-refractivity contribution < 1.29 is 5.11 Å². The van der Waals surface area contributed by atoms with E-state index >= 15 is 0 Å². The molecule has 0 aliphatic heterocycles. The monoisotopic (exact) mass is 285 g/mol. The number of rotatable bonds is 3. The summed E-state index contributed by atoms with van der Waals surface area (Å²) in [7, 11) is 0. The molecule has 2 saturated carbocycles. The van der Waals surface area contributed by atoms with Gasteiger partial charge >= 0.3 is 0 Å². The molecule has 114 valence electrons. The largest absolute Gasteiger partial charge is 0.394 e. The average Bonchev–Trinajstić information content (AvgIpc) is 3.07. The van der Waals surface area contributed by atoms with Gasteiger partial charge in [0.05, 0.1) is 6.61 Å². The van der Waals surface area contributed by atoms with Crippen LogP contribution in [0.5, 0.6) is 0 Å². The molecule has 3 aliphatic carbocycles. The Hall–Kier alpha value is -0.860. The zero-order chi connectivity index (χ0) is 14.3. The van der Waals surface area contributed by atoms with Crippen molar-refractivity contribution in [3.63, 3.8) is 0 Å². The number of hydrogen-bond acceptors (Lipinski definition) is 2. The zero-order valence-electron chi connectivity index (χ0n) is 12.9. The lowest BCUT2D eigenvalue weighted by molar-refractivity contribution is 0.0773. The maximum atomic E-state index is 10.3. The Morgan fingerprint density at radius 1 is 0.952 bits per heavy atom. The fourth-order valence-electron chi connectivity index (χ4n) is 5.30. The molecule has 4 rings (SSSR count). The summed E-state index contributed by atoms with van der Waals surface area (Å²) in [6.07, 6.45) is 10.2. The Bertz CT molecular complexity index is 473. The fraction of sp³-hybridized carbons (Fsp3) is 0.684. The summed E-state index contributed by atoms with van der Waals surface area (Å²) in [4.78, 5) is 0. The van der Waals surface area contributed by atoms with Gasteiger partial charge in [0, 0.05) is 11.6 Å². The van der Waals surface area contributed by atoms with Crippen LogP contribution in [-0.4, -0.2) is 23.3 Å². The first-order valence-corrected chi connectivity index (χ1v) is 8.77. The second-order valence-electron chi connectivity index (χ2n) is 7.47. The van der Waals surface area contributed by atoms with Crippen molar-refractivity contribution in [1.82, 2.24) is 5.32 Å². The Labute approximate surface area is 128 Å². The first-order chi connectivity index (χ1) is 10.3. The Balaban J connectivity index is 1.65. The highest BCUT2D eigenvalue weighted by atomic mass is 16.3. The van der Waals surface area contributed by atoms with E-state index in [0.717, 1.165) is 12.8 Å².